The second-order valence-corrected chi connectivity index (χ2v) is 18.4. The maximum absolute atomic E-state index is 17.0. The number of nitrogens with zero attached hydrogens (tertiary/aromatic N) is 6. The van der Waals surface area contributed by atoms with E-state index in [0.29, 0.717) is 66.6 Å². The second-order valence-electron chi connectivity index (χ2n) is 15.5. The molecule has 2 bridgehead atoms. The summed E-state index contributed by atoms with van der Waals surface area (Å²) in [5, 5.41) is 0.578. The number of halogens is 3. The molecular weight excluding hydrogens is 726 g/mol. The van der Waals surface area contributed by atoms with Crippen molar-refractivity contribution in [3.8, 4) is 29.6 Å². The number of benzene rings is 2. The van der Waals surface area contributed by atoms with Crippen molar-refractivity contribution in [1.82, 2.24) is 24.8 Å². The quantitative estimate of drug-likeness (QED) is 0.165. The Balaban J connectivity index is 1.21. The van der Waals surface area contributed by atoms with Gasteiger partial charge in [0.1, 0.15) is 35.1 Å². The van der Waals surface area contributed by atoms with Crippen molar-refractivity contribution in [2.24, 2.45) is 0 Å². The Kier molecular flexibility index (Phi) is 8.70. The molecule has 4 aliphatic heterocycles. The summed E-state index contributed by atoms with van der Waals surface area (Å²) in [6.45, 7) is 7.40. The zero-order chi connectivity index (χ0) is 37.4. The van der Waals surface area contributed by atoms with Crippen molar-refractivity contribution < 1.29 is 31.5 Å². The number of piperazine rings is 1. The lowest BCUT2D eigenvalue weighted by Gasteiger charge is -2.42. The average molecular weight is 765 g/mol. The number of carbonyl (C=O) groups is 1. The molecule has 8 rings (SSSR count). The molecule has 4 atom stereocenters. The molecule has 6 heterocycles. The van der Waals surface area contributed by atoms with E-state index in [1.807, 2.05) is 25.7 Å². The normalized spacial score (nSPS) is 24.5. The Morgan fingerprint density at radius 2 is 1.87 bits per heavy atom. The van der Waals surface area contributed by atoms with Gasteiger partial charge in [-0.3, -0.25) is 14.8 Å². The fourth-order valence-corrected chi connectivity index (χ4v) is 9.98. The summed E-state index contributed by atoms with van der Waals surface area (Å²) in [5.74, 6) is 1.44. The van der Waals surface area contributed by atoms with E-state index >= 15 is 4.39 Å². The Labute approximate surface area is 311 Å². The maximum atomic E-state index is 17.0. The van der Waals surface area contributed by atoms with Crippen LogP contribution in [0, 0.1) is 24.0 Å². The van der Waals surface area contributed by atoms with Crippen LogP contribution in [0.5, 0.6) is 6.01 Å². The van der Waals surface area contributed by atoms with Gasteiger partial charge in [-0.25, -0.2) is 22.0 Å². The summed E-state index contributed by atoms with van der Waals surface area (Å²) in [4.78, 5) is 33.1. The van der Waals surface area contributed by atoms with Gasteiger partial charge in [-0.05, 0) is 70.9 Å². The minimum Gasteiger partial charge on any atom is -0.461 e. The van der Waals surface area contributed by atoms with Gasteiger partial charge in [-0.2, -0.15) is 9.97 Å². The molecule has 0 N–H and O–H groups in total. The molecule has 278 valence electrons. The highest BCUT2D eigenvalue weighted by molar-refractivity contribution is 8.14. The van der Waals surface area contributed by atoms with Gasteiger partial charge >= 0.3 is 12.1 Å². The van der Waals surface area contributed by atoms with Gasteiger partial charge in [0, 0.05) is 47.5 Å². The van der Waals surface area contributed by atoms with Gasteiger partial charge < -0.3 is 14.4 Å². The van der Waals surface area contributed by atoms with E-state index in [1.165, 1.54) is 12.3 Å². The van der Waals surface area contributed by atoms with E-state index in [2.05, 4.69) is 20.8 Å². The van der Waals surface area contributed by atoms with Crippen LogP contribution in [-0.4, -0.2) is 101 Å². The molecule has 4 aliphatic rings. The summed E-state index contributed by atoms with van der Waals surface area (Å²) >= 11 is 0. The Morgan fingerprint density at radius 1 is 1.11 bits per heavy atom. The highest BCUT2D eigenvalue weighted by Crippen LogP contribution is 2.43. The molecule has 53 heavy (non-hydrogen) atoms. The first-order chi connectivity index (χ1) is 25.2. The zero-order valence-electron chi connectivity index (χ0n) is 29.6. The summed E-state index contributed by atoms with van der Waals surface area (Å²) < 4.78 is 68.7. The molecule has 11 nitrogen and oxygen atoms in total. The molecule has 15 heteroatoms. The van der Waals surface area contributed by atoms with E-state index in [4.69, 9.17) is 31.6 Å². The lowest BCUT2D eigenvalue weighted by molar-refractivity contribution is 0.0122. The van der Waals surface area contributed by atoms with Crippen LogP contribution in [0.3, 0.4) is 0 Å². The largest absolute Gasteiger partial charge is 0.461 e. The number of aromatic nitrogens is 3. The predicted molar refractivity (Wildman–Crippen MR) is 197 cm³/mol. The summed E-state index contributed by atoms with van der Waals surface area (Å²) in [5.41, 5.74) is -1.06. The van der Waals surface area contributed by atoms with Gasteiger partial charge in [0.15, 0.2) is 5.82 Å². The molecule has 2 aromatic carbocycles. The van der Waals surface area contributed by atoms with Crippen molar-refractivity contribution in [2.45, 2.75) is 81.3 Å². The van der Waals surface area contributed by atoms with Crippen LogP contribution in [-0.2, 0) is 13.8 Å². The second kappa shape index (κ2) is 12.9. The number of rotatable bonds is 6. The standard InChI is InChI=1S/C38H39ClF2N6O5S/c1-5-26-29(40)13-10-22-8-6-9-27(30(22)26)32-31(41)33-28(17-42-32)34(45-18-23-11-12-24(19-45)47(23)36(48)52-37(2,3)4)44-35(43-33)51-21-38-14-7-15-46(38)20-25(16-38)53(39,49)50/h1,6,8-10,13,17,23-25H,7,11-12,14-16,18-21H2,2-4H3/t23-,24+,25-,38+/m1/s1. The van der Waals surface area contributed by atoms with Crippen LogP contribution in [0.2, 0.25) is 0 Å². The molecule has 0 unspecified atom stereocenters. The number of pyridine rings is 1. The third-order valence-corrected chi connectivity index (χ3v) is 12.9. The van der Waals surface area contributed by atoms with E-state index in [9.17, 15) is 17.6 Å². The molecule has 0 spiro atoms. The van der Waals surface area contributed by atoms with Crippen LogP contribution in [0.1, 0.15) is 58.4 Å². The monoisotopic (exact) mass is 764 g/mol. The van der Waals surface area contributed by atoms with Crippen molar-refractivity contribution in [2.75, 3.05) is 37.7 Å². The summed E-state index contributed by atoms with van der Waals surface area (Å²) in [6.07, 6.45) is 10.3. The SMILES string of the molecule is C#Cc1c(F)ccc2cccc(-c3ncc4c(N5C[C@H]6CC[C@@H](C5)N6C(=O)OC(C)(C)C)nc(OC[C@@]56CCCN5C[C@H](S(=O)(=O)Cl)C6)nc4c3F)c12. The number of fused-ring (bicyclic) bond motifs is 5. The number of ether oxygens (including phenoxy) is 2. The molecule has 0 aliphatic carbocycles. The Bertz CT molecular complexity index is 2300. The van der Waals surface area contributed by atoms with Crippen LogP contribution >= 0.6 is 10.7 Å². The first-order valence-electron chi connectivity index (χ1n) is 17.8. The fourth-order valence-electron chi connectivity index (χ4n) is 8.75. The molecular formula is C38H39ClF2N6O5S. The van der Waals surface area contributed by atoms with E-state index in [-0.39, 0.29) is 47.6 Å². The van der Waals surface area contributed by atoms with Crippen LogP contribution in [0.4, 0.5) is 19.4 Å². The molecule has 4 fully saturated rings. The summed E-state index contributed by atoms with van der Waals surface area (Å²) in [7, 11) is 2.01. The summed E-state index contributed by atoms with van der Waals surface area (Å²) in [6, 6.07) is 7.58. The van der Waals surface area contributed by atoms with Gasteiger partial charge in [-0.1, -0.05) is 30.2 Å². The first-order valence-corrected chi connectivity index (χ1v) is 20.1. The minimum atomic E-state index is -3.79. The van der Waals surface area contributed by atoms with Crippen molar-refractivity contribution >= 4 is 53.3 Å². The highest BCUT2D eigenvalue weighted by atomic mass is 35.7. The van der Waals surface area contributed by atoms with Gasteiger partial charge in [0.05, 0.1) is 33.8 Å². The van der Waals surface area contributed by atoms with Crippen LogP contribution < -0.4 is 9.64 Å². The molecule has 4 saturated heterocycles. The fraction of sp³-hybridized carbons (Fsp3) is 0.474. The Morgan fingerprint density at radius 3 is 2.57 bits per heavy atom. The maximum Gasteiger partial charge on any atom is 0.410 e. The molecule has 2 aromatic heterocycles. The zero-order valence-corrected chi connectivity index (χ0v) is 31.2. The van der Waals surface area contributed by atoms with Crippen molar-refractivity contribution in [3.63, 3.8) is 0 Å². The molecule has 4 aromatic rings. The number of amides is 1. The van der Waals surface area contributed by atoms with E-state index in [1.54, 1.807) is 29.2 Å². The first kappa shape index (κ1) is 35.7. The van der Waals surface area contributed by atoms with Crippen molar-refractivity contribution in [1.29, 1.82) is 0 Å². The lowest BCUT2D eigenvalue weighted by Crippen LogP contribution is -2.57. The van der Waals surface area contributed by atoms with Crippen molar-refractivity contribution in [3.05, 3.63) is 53.7 Å². The topological polar surface area (TPSA) is 118 Å². The highest BCUT2D eigenvalue weighted by Gasteiger charge is 2.52. The number of hydrogen-bond acceptors (Lipinski definition) is 10. The number of terminal acetylenes is 1. The third-order valence-electron chi connectivity index (χ3n) is 11.1. The van der Waals surface area contributed by atoms with Gasteiger partial charge in [0.2, 0.25) is 9.05 Å². The average Bonchev–Trinajstić information content (AvgIpc) is 3.75. The molecule has 0 radical (unpaired) electrons. The minimum absolute atomic E-state index is 0.000619. The number of carbonyl (C=O) groups excluding carboxylic acids is 1. The van der Waals surface area contributed by atoms with Gasteiger partial charge in [0.25, 0.3) is 0 Å². The lowest BCUT2D eigenvalue weighted by atomic mass is 9.95. The Hall–Kier alpha value is -4.32. The smallest absolute Gasteiger partial charge is 0.410 e. The predicted octanol–water partition coefficient (Wildman–Crippen LogP) is 6.25. The van der Waals surface area contributed by atoms with Crippen LogP contribution in [0.25, 0.3) is 32.9 Å². The number of anilines is 1. The third kappa shape index (κ3) is 6.30. The molecule has 0 saturated carbocycles. The van der Waals surface area contributed by atoms with Gasteiger partial charge in [-0.15, -0.1) is 6.42 Å². The molecule has 1 amide bonds. The number of hydrogen-bond donors (Lipinski definition) is 0. The van der Waals surface area contributed by atoms with E-state index < -0.39 is 37.1 Å². The van der Waals surface area contributed by atoms with E-state index in [0.717, 1.165) is 19.3 Å². The van der Waals surface area contributed by atoms with Crippen LogP contribution in [0.15, 0.2) is 36.5 Å².